The van der Waals surface area contributed by atoms with Crippen molar-refractivity contribution in [3.63, 3.8) is 0 Å². The third kappa shape index (κ3) is 3.87. The third-order valence-electron chi connectivity index (χ3n) is 4.05. The molecule has 0 aliphatic carbocycles. The van der Waals surface area contributed by atoms with E-state index >= 15 is 0 Å². The van der Waals surface area contributed by atoms with Crippen molar-refractivity contribution >= 4 is 6.88 Å². The van der Waals surface area contributed by atoms with E-state index in [0.29, 0.717) is 0 Å². The summed E-state index contributed by atoms with van der Waals surface area (Å²) in [6, 6.07) is 0. The van der Waals surface area contributed by atoms with E-state index in [2.05, 4.69) is 25.1 Å². The number of hydrogen-bond donors (Lipinski definition) is 0. The second-order valence-corrected chi connectivity index (χ2v) is 10.1. The van der Waals surface area contributed by atoms with Crippen molar-refractivity contribution in [1.29, 1.82) is 0 Å². The standard InChI is InChI=1S/C6F18P.C6H15O/c7-1(8,9)4(16,17)25(22,23,24,5(18,19)2(10,11)12)6(20,21)3(13,14)15;1-4-7(5-2)6-3/h;4-6H2,1-3H3/q-1;+1. The summed E-state index contributed by atoms with van der Waals surface area (Å²) in [6.45, 7) is -5.24. The van der Waals surface area contributed by atoms with Gasteiger partial charge in [-0.05, 0) is 0 Å². The molecule has 0 bridgehead atoms. The van der Waals surface area contributed by atoms with Gasteiger partial charge in [-0.2, -0.15) is 0 Å². The van der Waals surface area contributed by atoms with Crippen LogP contribution in [0, 0.1) is 0 Å². The summed E-state index contributed by atoms with van der Waals surface area (Å²) < 4.78 is 225. The van der Waals surface area contributed by atoms with Crippen LogP contribution in [0.1, 0.15) is 20.8 Å². The van der Waals surface area contributed by atoms with Crippen LogP contribution in [0.25, 0.3) is 0 Å². The first-order valence-electron chi connectivity index (χ1n) is 7.75. The minimum atomic E-state index is -15.0. The maximum atomic E-state index is 13.4. The molecule has 0 amide bonds. The van der Waals surface area contributed by atoms with Crippen LogP contribution < -0.4 is 0 Å². The molecule has 0 unspecified atom stereocenters. The molecule has 200 valence electrons. The van der Waals surface area contributed by atoms with Crippen LogP contribution in [-0.2, 0) is 4.37 Å². The Morgan fingerprint density at radius 3 is 0.656 bits per heavy atom. The van der Waals surface area contributed by atoms with E-state index in [1.165, 1.54) is 0 Å². The molecule has 1 nitrogen and oxygen atoms in total. The average Bonchev–Trinajstić information content (AvgIpc) is 2.53. The summed E-state index contributed by atoms with van der Waals surface area (Å²) in [5.41, 5.74) is -29.3. The van der Waals surface area contributed by atoms with E-state index in [0.717, 1.165) is 19.8 Å². The van der Waals surface area contributed by atoms with Gasteiger partial charge in [0.1, 0.15) is 19.8 Å². The normalized spacial score (nSPS) is 17.4. The molecule has 0 aromatic carbocycles. The molecule has 0 aliphatic rings. The Morgan fingerprint density at radius 1 is 0.438 bits per heavy atom. The van der Waals surface area contributed by atoms with Gasteiger partial charge in [0, 0.05) is 20.8 Å². The van der Waals surface area contributed by atoms with Crippen molar-refractivity contribution < 1.29 is 82.8 Å². The fourth-order valence-corrected chi connectivity index (χ4v) is 4.63. The topological polar surface area (TPSA) is 2.70 Å². The molecule has 0 fully saturated rings. The zero-order valence-corrected chi connectivity index (χ0v) is 16.7. The van der Waals surface area contributed by atoms with E-state index in [1.54, 1.807) is 0 Å². The first-order valence-corrected chi connectivity index (χ1v) is 10.1. The fourth-order valence-electron chi connectivity index (χ4n) is 1.95. The Balaban J connectivity index is 0. The summed E-state index contributed by atoms with van der Waals surface area (Å²) >= 11 is 0. The average molecular weight is 548 g/mol. The first-order chi connectivity index (χ1) is 13.4. The molecule has 0 saturated carbocycles. The van der Waals surface area contributed by atoms with Crippen molar-refractivity contribution in [3.05, 3.63) is 0 Å². The molecule has 0 N–H and O–H groups in total. The van der Waals surface area contributed by atoms with Crippen LogP contribution in [0.3, 0.4) is 0 Å². The quantitative estimate of drug-likeness (QED) is 0.177. The van der Waals surface area contributed by atoms with E-state index < -0.39 is 42.4 Å². The minimum absolute atomic E-state index is 1.10. The van der Waals surface area contributed by atoms with Crippen LogP contribution in [0.5, 0.6) is 0 Å². The van der Waals surface area contributed by atoms with Crippen molar-refractivity contribution in [2.75, 3.05) is 19.8 Å². The number of hydrogen-bond acceptors (Lipinski definition) is 0. The monoisotopic (exact) mass is 548 g/mol. The third-order valence-corrected chi connectivity index (χ3v) is 8.40. The second-order valence-electron chi connectivity index (χ2n) is 5.88. The van der Waals surface area contributed by atoms with Gasteiger partial charge < -0.3 is 4.37 Å². The molecular weight excluding hydrogens is 533 g/mol. The fraction of sp³-hybridized carbons (Fsp3) is 1.00. The van der Waals surface area contributed by atoms with Gasteiger partial charge in [0.25, 0.3) is 0 Å². The van der Waals surface area contributed by atoms with Gasteiger partial charge >= 0.3 is 121 Å². The molecule has 0 heterocycles. The first kappa shape index (κ1) is 33.3. The van der Waals surface area contributed by atoms with E-state index in [4.69, 9.17) is 0 Å². The van der Waals surface area contributed by atoms with Gasteiger partial charge in [-0.25, -0.2) is 0 Å². The van der Waals surface area contributed by atoms with Crippen LogP contribution in [-0.4, -0.2) is 55.3 Å². The summed E-state index contributed by atoms with van der Waals surface area (Å²) in [4.78, 5) is 0. The molecule has 0 aliphatic heterocycles. The molecule has 0 aromatic rings. The van der Waals surface area contributed by atoms with Crippen molar-refractivity contribution in [3.8, 4) is 0 Å². The Labute approximate surface area is 167 Å². The predicted molar refractivity (Wildman–Crippen MR) is 76.0 cm³/mol. The molecular formula is C12H15F18OP. The number of halogens is 18. The van der Waals surface area contributed by atoms with Gasteiger partial charge in [0.15, 0.2) is 0 Å². The van der Waals surface area contributed by atoms with Crippen LogP contribution in [0.15, 0.2) is 0 Å². The molecule has 0 radical (unpaired) electrons. The van der Waals surface area contributed by atoms with Gasteiger partial charge in [-0.3, -0.25) is 0 Å². The molecule has 0 spiro atoms. The number of rotatable bonds is 6. The maximum absolute atomic E-state index is 15.0. The van der Waals surface area contributed by atoms with Gasteiger partial charge in [-0.1, -0.05) is 0 Å². The molecule has 0 saturated heterocycles. The molecule has 0 aromatic heterocycles. The van der Waals surface area contributed by atoms with Gasteiger partial charge in [0.2, 0.25) is 0 Å². The second kappa shape index (κ2) is 8.12. The molecule has 0 rings (SSSR count). The Hall–Kier alpha value is -0.870. The zero-order chi connectivity index (χ0) is 27.1. The van der Waals surface area contributed by atoms with E-state index in [1.807, 2.05) is 0 Å². The summed E-state index contributed by atoms with van der Waals surface area (Å²) in [6.07, 6.45) is -26.1. The molecule has 32 heavy (non-hydrogen) atoms. The van der Waals surface area contributed by atoms with E-state index in [9.17, 15) is 78.4 Å². The summed E-state index contributed by atoms with van der Waals surface area (Å²) in [5, 5.41) is 0. The van der Waals surface area contributed by atoms with Gasteiger partial charge in [-0.15, -0.1) is 0 Å². The van der Waals surface area contributed by atoms with Crippen molar-refractivity contribution in [1.82, 2.24) is 0 Å². The Kier molecular flexibility index (Phi) is 8.45. The Morgan fingerprint density at radius 2 is 0.594 bits per heavy atom. The van der Waals surface area contributed by atoms with E-state index in [-0.39, 0.29) is 0 Å². The zero-order valence-electron chi connectivity index (χ0n) is 15.8. The predicted octanol–water partition coefficient (Wildman–Crippen LogP) is 8.79. The van der Waals surface area contributed by atoms with Crippen molar-refractivity contribution in [2.24, 2.45) is 0 Å². The summed E-state index contributed by atoms with van der Waals surface area (Å²) in [5.74, 6) is 0. The SMILES string of the molecule is CC[O+](CC)CC.FC(F)(F)C(F)(F)[P-](F)(F)(F)(C(F)(F)C(F)(F)F)C(F)(F)C(F)(F)F. The van der Waals surface area contributed by atoms with Crippen LogP contribution >= 0.6 is 6.88 Å². The van der Waals surface area contributed by atoms with Crippen LogP contribution in [0.4, 0.5) is 78.4 Å². The Bertz CT molecular complexity index is 562. The summed E-state index contributed by atoms with van der Waals surface area (Å²) in [7, 11) is 0. The van der Waals surface area contributed by atoms with Crippen molar-refractivity contribution in [2.45, 2.75) is 56.3 Å². The molecule has 20 heteroatoms. The van der Waals surface area contributed by atoms with Gasteiger partial charge in [0.05, 0.1) is 0 Å². The number of alkyl halides is 15. The van der Waals surface area contributed by atoms with Crippen LogP contribution in [0.2, 0.25) is 0 Å². The molecule has 0 atom stereocenters.